The molecule has 1 aromatic heterocycles. The maximum Gasteiger partial charge on any atom is 0.0299 e. The number of hydrogen-bond acceptors (Lipinski definition) is 3. The first-order valence-electron chi connectivity index (χ1n) is 6.83. The van der Waals surface area contributed by atoms with Crippen LogP contribution in [0.4, 0.5) is 0 Å². The number of nitrogens with one attached hydrogen (secondary N) is 1. The van der Waals surface area contributed by atoms with E-state index in [-0.39, 0.29) is 0 Å². The van der Waals surface area contributed by atoms with Crippen LogP contribution in [-0.4, -0.2) is 12.6 Å². The predicted octanol–water partition coefficient (Wildman–Crippen LogP) is 2.92. The lowest BCUT2D eigenvalue weighted by Crippen LogP contribution is -2.39. The number of aryl methyl sites for hydroxylation is 1. The van der Waals surface area contributed by atoms with Gasteiger partial charge in [0.1, 0.15) is 0 Å². The van der Waals surface area contributed by atoms with E-state index in [1.54, 1.807) is 0 Å². The summed E-state index contributed by atoms with van der Waals surface area (Å²) < 4.78 is 0. The molecule has 1 heterocycles. The molecule has 1 fully saturated rings. The van der Waals surface area contributed by atoms with Crippen molar-refractivity contribution in [2.45, 2.75) is 51.6 Å². The molecule has 2 unspecified atom stereocenters. The summed E-state index contributed by atoms with van der Waals surface area (Å²) in [5.41, 5.74) is 6.15. The van der Waals surface area contributed by atoms with E-state index < -0.39 is 0 Å². The van der Waals surface area contributed by atoms with E-state index in [0.29, 0.717) is 12.0 Å². The number of hydrogen-bond donors (Lipinski definition) is 2. The summed E-state index contributed by atoms with van der Waals surface area (Å²) in [6.07, 6.45) is 6.35. The van der Waals surface area contributed by atoms with E-state index in [1.165, 1.54) is 35.4 Å². The Morgan fingerprint density at radius 2 is 2.06 bits per heavy atom. The Hall–Kier alpha value is -0.380. The molecule has 3 N–H and O–H groups in total. The number of nitrogens with two attached hydrogens (primary N) is 1. The maximum atomic E-state index is 6.15. The number of rotatable bonds is 5. The molecule has 2 rings (SSSR count). The molecule has 0 bridgehead atoms. The second-order valence-electron chi connectivity index (χ2n) is 5.06. The minimum atomic E-state index is 0.422. The fraction of sp³-hybridized carbons (Fsp3) is 0.714. The van der Waals surface area contributed by atoms with Crippen LogP contribution in [0.15, 0.2) is 12.1 Å². The Balaban J connectivity index is 1.71. The fourth-order valence-electron chi connectivity index (χ4n) is 2.58. The van der Waals surface area contributed by atoms with E-state index in [4.69, 9.17) is 5.73 Å². The van der Waals surface area contributed by atoms with Crippen LogP contribution in [0, 0.1) is 5.92 Å². The minimum Gasteiger partial charge on any atom is -0.327 e. The fourth-order valence-corrected chi connectivity index (χ4v) is 3.51. The standard InChI is InChI=1S/C14H24N2S/c1-2-12-7-8-13(17-12)10-16-9-11-5-3-4-6-14(11)15/h7-8,11,14,16H,2-6,9-10,15H2,1H3. The van der Waals surface area contributed by atoms with Gasteiger partial charge in [0.2, 0.25) is 0 Å². The highest BCUT2D eigenvalue weighted by Crippen LogP contribution is 2.22. The monoisotopic (exact) mass is 252 g/mol. The normalized spacial score (nSPS) is 25.1. The third-order valence-corrected chi connectivity index (χ3v) is 4.97. The maximum absolute atomic E-state index is 6.15. The highest BCUT2D eigenvalue weighted by Gasteiger charge is 2.20. The third kappa shape index (κ3) is 3.80. The zero-order chi connectivity index (χ0) is 12.1. The highest BCUT2D eigenvalue weighted by molar-refractivity contribution is 7.11. The van der Waals surface area contributed by atoms with Crippen LogP contribution in [0.3, 0.4) is 0 Å². The first-order chi connectivity index (χ1) is 8.29. The molecule has 3 heteroatoms. The van der Waals surface area contributed by atoms with E-state index in [9.17, 15) is 0 Å². The van der Waals surface area contributed by atoms with Gasteiger partial charge in [0, 0.05) is 22.3 Å². The average molecular weight is 252 g/mol. The lowest BCUT2D eigenvalue weighted by Gasteiger charge is -2.28. The average Bonchev–Trinajstić information content (AvgIpc) is 2.80. The van der Waals surface area contributed by atoms with Crippen molar-refractivity contribution in [3.8, 4) is 0 Å². The molecule has 0 aliphatic heterocycles. The summed E-state index contributed by atoms with van der Waals surface area (Å²) in [6, 6.07) is 4.91. The molecule has 1 aliphatic rings. The SMILES string of the molecule is CCc1ccc(CNCC2CCCCC2N)s1. The van der Waals surface area contributed by atoms with Gasteiger partial charge in [0.25, 0.3) is 0 Å². The van der Waals surface area contributed by atoms with Gasteiger partial charge in [-0.3, -0.25) is 0 Å². The molecule has 2 nitrogen and oxygen atoms in total. The van der Waals surface area contributed by atoms with Crippen molar-refractivity contribution >= 4 is 11.3 Å². The first-order valence-corrected chi connectivity index (χ1v) is 7.65. The molecular weight excluding hydrogens is 228 g/mol. The smallest absolute Gasteiger partial charge is 0.0299 e. The lowest BCUT2D eigenvalue weighted by atomic mass is 9.85. The third-order valence-electron chi connectivity index (χ3n) is 3.74. The van der Waals surface area contributed by atoms with Crippen LogP contribution in [0.25, 0.3) is 0 Å². The van der Waals surface area contributed by atoms with Crippen LogP contribution in [0.2, 0.25) is 0 Å². The van der Waals surface area contributed by atoms with Gasteiger partial charge in [-0.1, -0.05) is 19.8 Å². The lowest BCUT2D eigenvalue weighted by molar-refractivity contribution is 0.296. The molecule has 0 amide bonds. The first kappa shape index (κ1) is 13.1. The van der Waals surface area contributed by atoms with Gasteiger partial charge in [-0.25, -0.2) is 0 Å². The molecule has 0 radical (unpaired) electrons. The molecule has 1 saturated carbocycles. The van der Waals surface area contributed by atoms with Crippen LogP contribution in [0.5, 0.6) is 0 Å². The van der Waals surface area contributed by atoms with Gasteiger partial charge in [-0.2, -0.15) is 0 Å². The molecule has 0 aromatic carbocycles. The molecule has 0 saturated heterocycles. The summed E-state index contributed by atoms with van der Waals surface area (Å²) >= 11 is 1.93. The quantitative estimate of drug-likeness (QED) is 0.845. The Morgan fingerprint density at radius 1 is 1.29 bits per heavy atom. The molecule has 2 atom stereocenters. The summed E-state index contributed by atoms with van der Waals surface area (Å²) in [7, 11) is 0. The van der Waals surface area contributed by atoms with Crippen molar-refractivity contribution in [1.29, 1.82) is 0 Å². The number of thiophene rings is 1. The van der Waals surface area contributed by atoms with Crippen LogP contribution in [-0.2, 0) is 13.0 Å². The van der Waals surface area contributed by atoms with Gasteiger partial charge in [0.15, 0.2) is 0 Å². The van der Waals surface area contributed by atoms with Gasteiger partial charge >= 0.3 is 0 Å². The van der Waals surface area contributed by atoms with E-state index in [2.05, 4.69) is 24.4 Å². The van der Waals surface area contributed by atoms with Crippen molar-refractivity contribution in [2.75, 3.05) is 6.54 Å². The van der Waals surface area contributed by atoms with Gasteiger partial charge in [0.05, 0.1) is 0 Å². The van der Waals surface area contributed by atoms with Gasteiger partial charge in [-0.05, 0) is 43.9 Å². The van der Waals surface area contributed by atoms with Gasteiger partial charge < -0.3 is 11.1 Å². The summed E-state index contributed by atoms with van der Waals surface area (Å²) in [4.78, 5) is 2.93. The molecule has 1 aliphatic carbocycles. The van der Waals surface area contributed by atoms with Gasteiger partial charge in [-0.15, -0.1) is 11.3 Å². The van der Waals surface area contributed by atoms with Crippen molar-refractivity contribution < 1.29 is 0 Å². The zero-order valence-corrected chi connectivity index (χ0v) is 11.6. The largest absolute Gasteiger partial charge is 0.327 e. The van der Waals surface area contributed by atoms with E-state index >= 15 is 0 Å². The summed E-state index contributed by atoms with van der Waals surface area (Å²) in [6.45, 7) is 4.30. The van der Waals surface area contributed by atoms with E-state index in [0.717, 1.165) is 19.5 Å². The second-order valence-corrected chi connectivity index (χ2v) is 6.31. The highest BCUT2D eigenvalue weighted by atomic mass is 32.1. The minimum absolute atomic E-state index is 0.422. The van der Waals surface area contributed by atoms with Crippen LogP contribution >= 0.6 is 11.3 Å². The molecule has 17 heavy (non-hydrogen) atoms. The van der Waals surface area contributed by atoms with E-state index in [1.807, 2.05) is 11.3 Å². The second kappa shape index (κ2) is 6.53. The molecular formula is C14H24N2S. The summed E-state index contributed by atoms with van der Waals surface area (Å²) in [5, 5.41) is 3.57. The Kier molecular flexibility index (Phi) is 5.01. The zero-order valence-electron chi connectivity index (χ0n) is 10.7. The van der Waals surface area contributed by atoms with Crippen molar-refractivity contribution in [1.82, 2.24) is 5.32 Å². The summed E-state index contributed by atoms with van der Waals surface area (Å²) in [5.74, 6) is 0.689. The Bertz CT molecular complexity index is 335. The molecule has 0 spiro atoms. The van der Waals surface area contributed by atoms with Crippen molar-refractivity contribution in [3.05, 3.63) is 21.9 Å². The van der Waals surface area contributed by atoms with Crippen molar-refractivity contribution in [3.63, 3.8) is 0 Å². The molecule has 96 valence electrons. The molecule has 1 aromatic rings. The van der Waals surface area contributed by atoms with Crippen LogP contribution in [0.1, 0.15) is 42.4 Å². The Labute approximate surface area is 109 Å². The van der Waals surface area contributed by atoms with Crippen LogP contribution < -0.4 is 11.1 Å². The topological polar surface area (TPSA) is 38.0 Å². The Morgan fingerprint density at radius 3 is 2.76 bits per heavy atom. The predicted molar refractivity (Wildman–Crippen MR) is 75.3 cm³/mol. The van der Waals surface area contributed by atoms with Crippen molar-refractivity contribution in [2.24, 2.45) is 11.7 Å².